The monoisotopic (exact) mass is 282 g/mol. The second-order valence-electron chi connectivity index (χ2n) is 4.99. The molecule has 0 radical (unpaired) electrons. The van der Waals surface area contributed by atoms with E-state index >= 15 is 0 Å². The number of nitrogens with one attached hydrogen (secondary N) is 1. The van der Waals surface area contributed by atoms with Crippen LogP contribution < -0.4 is 14.8 Å². The predicted octanol–water partition coefficient (Wildman–Crippen LogP) is 2.62. The first kappa shape index (κ1) is 7.34. The fourth-order valence-electron chi connectivity index (χ4n) is 2.55. The average molecular weight is 282 g/mol. The van der Waals surface area contributed by atoms with E-state index in [1.807, 2.05) is 0 Å². The van der Waals surface area contributed by atoms with Crippen molar-refractivity contribution in [2.45, 2.75) is 44.1 Å². The molecular weight excluding hydrogens is 254 g/mol. The maximum absolute atomic E-state index is 11.8. The highest BCUT2D eigenvalue weighted by Gasteiger charge is 2.25. The van der Waals surface area contributed by atoms with E-state index in [9.17, 15) is 4.79 Å². The molecule has 20 heavy (non-hydrogen) atoms. The van der Waals surface area contributed by atoms with Gasteiger partial charge in [-0.25, -0.2) is 0 Å². The number of benzene rings is 1. The van der Waals surface area contributed by atoms with Crippen LogP contribution in [-0.4, -0.2) is 25.6 Å². The topological polar surface area (TPSA) is 47.6 Å². The molecule has 1 heterocycles. The molecule has 1 saturated heterocycles. The second kappa shape index (κ2) is 5.73. The lowest BCUT2D eigenvalue weighted by Crippen LogP contribution is -2.14. The second-order valence-corrected chi connectivity index (χ2v) is 4.99. The Balaban J connectivity index is 2.06. The Morgan fingerprint density at radius 2 is 2.35 bits per heavy atom. The molecule has 108 valence electrons. The van der Waals surface area contributed by atoms with Gasteiger partial charge in [-0.3, -0.25) is 4.79 Å². The maximum Gasteiger partial charge on any atom is 0.220 e. The van der Waals surface area contributed by atoms with E-state index in [4.69, 9.17) is 19.1 Å². The lowest BCUT2D eigenvalue weighted by Gasteiger charge is -2.18. The summed E-state index contributed by atoms with van der Waals surface area (Å²) in [7, 11) is -2.75. The lowest BCUT2D eigenvalue weighted by atomic mass is 9.98. The van der Waals surface area contributed by atoms with E-state index in [0.717, 1.165) is 31.7 Å². The van der Waals surface area contributed by atoms with E-state index < -0.39 is 25.2 Å². The molecule has 2 aliphatic rings. The summed E-state index contributed by atoms with van der Waals surface area (Å²) in [6, 6.07) is 2.09. The summed E-state index contributed by atoms with van der Waals surface area (Å²) in [5.74, 6) is -3.06. The normalized spacial score (nSPS) is 34.8. The molecule has 4 heteroatoms. The number of rotatable bonds is 4. The summed E-state index contributed by atoms with van der Waals surface area (Å²) < 4.78 is 65.5. The summed E-state index contributed by atoms with van der Waals surface area (Å²) in [6.07, 6.45) is 0.852. The molecule has 1 aliphatic heterocycles. The molecule has 3 rings (SSSR count). The zero-order chi connectivity index (χ0) is 20.0. The standard InChI is InChI=1S/C16H21NO3/c1-19-14-7-6-11(12-9-16(18)17-10-12)8-15(14)20-13-4-2-3-5-13/h6-8,12-13H,2-5,9-10H2,1H3,(H,17,18)/i1D3,6D,9D2,12D. The van der Waals surface area contributed by atoms with Gasteiger partial charge in [0.15, 0.2) is 11.5 Å². The number of amides is 1. The molecule has 0 aromatic heterocycles. The van der Waals surface area contributed by atoms with Crippen LogP contribution in [0.1, 0.15) is 53.1 Å². The van der Waals surface area contributed by atoms with Crippen molar-refractivity contribution < 1.29 is 23.9 Å². The Bertz CT molecular complexity index is 746. The van der Waals surface area contributed by atoms with Crippen LogP contribution in [-0.2, 0) is 4.79 Å². The molecule has 1 aliphatic carbocycles. The largest absolute Gasteiger partial charge is 0.493 e. The Kier molecular flexibility index (Phi) is 2.10. The molecule has 1 aromatic rings. The van der Waals surface area contributed by atoms with Gasteiger partial charge in [0.25, 0.3) is 0 Å². The van der Waals surface area contributed by atoms with E-state index in [-0.39, 0.29) is 35.8 Å². The van der Waals surface area contributed by atoms with Gasteiger partial charge in [0.2, 0.25) is 5.91 Å². The SMILES string of the molecule is [2H]c1cc(OC([2H])([2H])[2H])c(OC2CCCC2)cc1C1([2H])CNC(=O)C1([2H])[2H]. The third kappa shape index (κ3) is 2.74. The van der Waals surface area contributed by atoms with Crippen LogP contribution in [0, 0.1) is 0 Å². The molecule has 1 unspecified atom stereocenters. The van der Waals surface area contributed by atoms with Crippen molar-refractivity contribution in [3.05, 3.63) is 23.7 Å². The minimum absolute atomic E-state index is 0.0470. The van der Waals surface area contributed by atoms with Crippen molar-refractivity contribution in [2.24, 2.45) is 0 Å². The van der Waals surface area contributed by atoms with Crippen molar-refractivity contribution in [2.75, 3.05) is 13.6 Å². The Labute approximate surface area is 129 Å². The number of methoxy groups -OCH3 is 1. The van der Waals surface area contributed by atoms with Gasteiger partial charge in [0.1, 0.15) is 0 Å². The van der Waals surface area contributed by atoms with E-state index in [2.05, 4.69) is 5.32 Å². The van der Waals surface area contributed by atoms with E-state index in [1.165, 1.54) is 6.07 Å². The summed E-state index contributed by atoms with van der Waals surface area (Å²) in [5.41, 5.74) is -0.0586. The van der Waals surface area contributed by atoms with Crippen LogP contribution in [0.25, 0.3) is 0 Å². The van der Waals surface area contributed by atoms with Crippen molar-refractivity contribution in [3.63, 3.8) is 0 Å². The minimum Gasteiger partial charge on any atom is -0.493 e. The summed E-state index contributed by atoms with van der Waals surface area (Å²) >= 11 is 0. The highest BCUT2D eigenvalue weighted by Crippen LogP contribution is 2.35. The van der Waals surface area contributed by atoms with Crippen LogP contribution in [0.15, 0.2) is 18.2 Å². The number of carbonyl (C=O) groups is 1. The van der Waals surface area contributed by atoms with Gasteiger partial charge in [-0.15, -0.1) is 0 Å². The molecule has 4 nitrogen and oxygen atoms in total. The molecule has 1 atom stereocenters. The zero-order valence-corrected chi connectivity index (χ0v) is 11.0. The third-order valence-electron chi connectivity index (χ3n) is 3.60. The summed E-state index contributed by atoms with van der Waals surface area (Å²) in [6.45, 7) is -0.299. The minimum atomic E-state index is -2.75. The maximum atomic E-state index is 11.8. The molecule has 2 fully saturated rings. The van der Waals surface area contributed by atoms with Gasteiger partial charge < -0.3 is 14.8 Å². The quantitative estimate of drug-likeness (QED) is 0.923. The highest BCUT2D eigenvalue weighted by atomic mass is 16.5. The fourth-order valence-corrected chi connectivity index (χ4v) is 2.55. The van der Waals surface area contributed by atoms with Gasteiger partial charge >= 0.3 is 0 Å². The van der Waals surface area contributed by atoms with Crippen molar-refractivity contribution in [1.29, 1.82) is 0 Å². The highest BCUT2D eigenvalue weighted by molar-refractivity contribution is 5.79. The lowest BCUT2D eigenvalue weighted by molar-refractivity contribution is -0.119. The van der Waals surface area contributed by atoms with Crippen LogP contribution in [0.5, 0.6) is 11.5 Å². The molecule has 0 spiro atoms. The Hall–Kier alpha value is -1.71. The fraction of sp³-hybridized carbons (Fsp3) is 0.562. The Morgan fingerprint density at radius 1 is 1.50 bits per heavy atom. The molecule has 1 amide bonds. The van der Waals surface area contributed by atoms with Crippen LogP contribution in [0.4, 0.5) is 0 Å². The number of hydrogen-bond acceptors (Lipinski definition) is 3. The third-order valence-corrected chi connectivity index (χ3v) is 3.60. The van der Waals surface area contributed by atoms with Gasteiger partial charge in [-0.05, 0) is 43.4 Å². The van der Waals surface area contributed by atoms with Crippen molar-refractivity contribution in [1.82, 2.24) is 5.32 Å². The first-order valence-electron chi connectivity index (χ1n) is 10.2. The molecular formula is C16H21NO3. The van der Waals surface area contributed by atoms with Crippen LogP contribution >= 0.6 is 0 Å². The van der Waals surface area contributed by atoms with Gasteiger partial charge in [0, 0.05) is 22.9 Å². The Morgan fingerprint density at radius 3 is 3.05 bits per heavy atom. The molecule has 1 aromatic carbocycles. The van der Waals surface area contributed by atoms with Crippen LogP contribution in [0.3, 0.4) is 0 Å². The van der Waals surface area contributed by atoms with Gasteiger partial charge in [0.05, 0.1) is 18.6 Å². The van der Waals surface area contributed by atoms with E-state index in [0.29, 0.717) is 0 Å². The smallest absolute Gasteiger partial charge is 0.220 e. The number of carbonyl (C=O) groups excluding carboxylic acids is 1. The van der Waals surface area contributed by atoms with Crippen LogP contribution in [0.2, 0.25) is 0 Å². The van der Waals surface area contributed by atoms with E-state index in [1.54, 1.807) is 0 Å². The summed E-state index contributed by atoms with van der Waals surface area (Å²) in [5, 5.41) is 2.32. The summed E-state index contributed by atoms with van der Waals surface area (Å²) in [4.78, 5) is 11.8. The van der Waals surface area contributed by atoms with Crippen molar-refractivity contribution in [3.8, 4) is 11.5 Å². The first-order valence-corrected chi connectivity index (χ1v) is 6.73. The number of ether oxygens (including phenoxy) is 2. The molecule has 0 bridgehead atoms. The first-order chi connectivity index (χ1) is 12.4. The average Bonchev–Trinajstić information content (AvgIpc) is 3.12. The number of hydrogen-bond donors (Lipinski definition) is 1. The van der Waals surface area contributed by atoms with Gasteiger partial charge in [-0.1, -0.05) is 6.04 Å². The molecule has 1 N–H and O–H groups in total. The predicted molar refractivity (Wildman–Crippen MR) is 76.2 cm³/mol. The zero-order valence-electron chi connectivity index (χ0n) is 18.0. The van der Waals surface area contributed by atoms with Crippen molar-refractivity contribution >= 4 is 5.91 Å². The van der Waals surface area contributed by atoms with Gasteiger partial charge in [-0.2, -0.15) is 0 Å². The molecule has 1 saturated carbocycles.